The Morgan fingerprint density at radius 1 is 1.19 bits per heavy atom. The van der Waals surface area contributed by atoms with Crippen LogP contribution in [0.25, 0.3) is 10.2 Å². The minimum absolute atomic E-state index is 0.0120. The summed E-state index contributed by atoms with van der Waals surface area (Å²) in [5.74, 6) is 1.10. The number of aromatic nitrogens is 2. The van der Waals surface area contributed by atoms with Gasteiger partial charge in [0.05, 0.1) is 5.75 Å². The maximum Gasteiger partial charge on any atom is 0.230 e. The van der Waals surface area contributed by atoms with Gasteiger partial charge >= 0.3 is 0 Å². The molecule has 0 spiro atoms. The predicted octanol–water partition coefficient (Wildman–Crippen LogP) is 4.72. The highest BCUT2D eigenvalue weighted by Gasteiger charge is 2.15. The molecule has 2 heterocycles. The van der Waals surface area contributed by atoms with Crippen LogP contribution in [0.4, 0.5) is 0 Å². The Hall–Kier alpha value is -1.63. The number of carbonyl (C=O) groups excluding carboxylic acids is 1. The largest absolute Gasteiger partial charge is 0.355 e. The molecule has 0 bridgehead atoms. The number of hydrogen-bond acceptors (Lipinski definition) is 5. The number of thiophene rings is 1. The van der Waals surface area contributed by atoms with Gasteiger partial charge < -0.3 is 5.32 Å². The third-order valence-electron chi connectivity index (χ3n) is 4.10. The average Bonchev–Trinajstić information content (AvgIpc) is 2.88. The van der Waals surface area contributed by atoms with Gasteiger partial charge in [0.2, 0.25) is 5.91 Å². The summed E-state index contributed by atoms with van der Waals surface area (Å²) in [5, 5.41) is 5.66. The fourth-order valence-corrected chi connectivity index (χ4v) is 4.83. The molecule has 3 aromatic rings. The van der Waals surface area contributed by atoms with Crippen molar-refractivity contribution in [2.24, 2.45) is 0 Å². The van der Waals surface area contributed by atoms with E-state index >= 15 is 0 Å². The van der Waals surface area contributed by atoms with E-state index in [1.807, 2.05) is 31.2 Å². The van der Waals surface area contributed by atoms with E-state index in [-0.39, 0.29) is 5.91 Å². The van der Waals surface area contributed by atoms with Gasteiger partial charge in [-0.25, -0.2) is 9.97 Å². The second-order valence-corrected chi connectivity index (χ2v) is 8.66. The summed E-state index contributed by atoms with van der Waals surface area (Å²) >= 11 is 9.03. The first-order chi connectivity index (χ1) is 12.4. The molecule has 7 heteroatoms. The molecule has 0 aliphatic heterocycles. The standard InChI is InChI=1S/C19H20ClN3OS2/c1-11-12(2)26-19-17(11)18(22-13(3)23-19)25-10-16(24)21-9-8-14-4-6-15(20)7-5-14/h4-7H,8-10H2,1-3H3,(H,21,24). The van der Waals surface area contributed by atoms with Crippen LogP contribution in [-0.2, 0) is 11.2 Å². The first kappa shape index (κ1) is 19.1. The van der Waals surface area contributed by atoms with Crippen LogP contribution < -0.4 is 5.32 Å². The highest BCUT2D eigenvalue weighted by molar-refractivity contribution is 8.00. The normalized spacial score (nSPS) is 11.1. The molecule has 0 fully saturated rings. The minimum atomic E-state index is 0.0120. The lowest BCUT2D eigenvalue weighted by molar-refractivity contribution is -0.118. The van der Waals surface area contributed by atoms with E-state index in [4.69, 9.17) is 11.6 Å². The van der Waals surface area contributed by atoms with Gasteiger partial charge in [-0.2, -0.15) is 0 Å². The molecule has 0 saturated heterocycles. The van der Waals surface area contributed by atoms with E-state index < -0.39 is 0 Å². The van der Waals surface area contributed by atoms with Crippen molar-refractivity contribution >= 4 is 50.8 Å². The molecule has 136 valence electrons. The summed E-state index contributed by atoms with van der Waals surface area (Å²) in [4.78, 5) is 23.5. The Kier molecular flexibility index (Phi) is 6.16. The molecule has 1 aromatic carbocycles. The topological polar surface area (TPSA) is 54.9 Å². The molecule has 0 unspecified atom stereocenters. The van der Waals surface area contributed by atoms with Crippen molar-refractivity contribution in [3.63, 3.8) is 0 Å². The van der Waals surface area contributed by atoms with Crippen LogP contribution in [0.5, 0.6) is 0 Å². The van der Waals surface area contributed by atoms with Crippen molar-refractivity contribution in [1.82, 2.24) is 15.3 Å². The Morgan fingerprint density at radius 2 is 1.92 bits per heavy atom. The fourth-order valence-electron chi connectivity index (χ4n) is 2.60. The van der Waals surface area contributed by atoms with Crippen molar-refractivity contribution in [3.8, 4) is 0 Å². The summed E-state index contributed by atoms with van der Waals surface area (Å²) in [6, 6.07) is 7.68. The Labute approximate surface area is 166 Å². The molecule has 2 aromatic heterocycles. The smallest absolute Gasteiger partial charge is 0.230 e. The van der Waals surface area contributed by atoms with Gasteiger partial charge in [0.1, 0.15) is 15.7 Å². The van der Waals surface area contributed by atoms with Gasteiger partial charge in [-0.05, 0) is 50.5 Å². The van der Waals surface area contributed by atoms with Gasteiger partial charge in [-0.3, -0.25) is 4.79 Å². The number of nitrogens with zero attached hydrogens (tertiary/aromatic N) is 2. The predicted molar refractivity (Wildman–Crippen MR) is 111 cm³/mol. The SMILES string of the molecule is Cc1nc(SCC(=O)NCCc2ccc(Cl)cc2)c2c(C)c(C)sc2n1. The second kappa shape index (κ2) is 8.37. The second-order valence-electron chi connectivity index (χ2n) is 6.05. The van der Waals surface area contributed by atoms with Crippen molar-refractivity contribution in [2.75, 3.05) is 12.3 Å². The number of carbonyl (C=O) groups is 1. The summed E-state index contributed by atoms with van der Waals surface area (Å²) in [6.07, 6.45) is 0.785. The number of hydrogen-bond donors (Lipinski definition) is 1. The zero-order chi connectivity index (χ0) is 18.7. The summed E-state index contributed by atoms with van der Waals surface area (Å²) < 4.78 is 0. The Bertz CT molecular complexity index is 938. The molecule has 1 amide bonds. The minimum Gasteiger partial charge on any atom is -0.355 e. The van der Waals surface area contributed by atoms with Crippen LogP contribution in [0.1, 0.15) is 21.8 Å². The van der Waals surface area contributed by atoms with Gasteiger partial charge in [0.25, 0.3) is 0 Å². The maximum absolute atomic E-state index is 12.2. The van der Waals surface area contributed by atoms with Crippen LogP contribution in [0, 0.1) is 20.8 Å². The quantitative estimate of drug-likeness (QED) is 0.476. The number of amides is 1. The molecular weight excluding hydrogens is 386 g/mol. The number of thioether (sulfide) groups is 1. The molecule has 1 N–H and O–H groups in total. The van der Waals surface area contributed by atoms with Crippen LogP contribution in [-0.4, -0.2) is 28.2 Å². The molecule has 0 aliphatic carbocycles. The lowest BCUT2D eigenvalue weighted by Gasteiger charge is -2.07. The molecule has 0 atom stereocenters. The Morgan fingerprint density at radius 3 is 2.65 bits per heavy atom. The lowest BCUT2D eigenvalue weighted by Crippen LogP contribution is -2.27. The summed E-state index contributed by atoms with van der Waals surface area (Å²) in [6.45, 7) is 6.67. The molecule has 4 nitrogen and oxygen atoms in total. The van der Waals surface area contributed by atoms with Gasteiger partial charge in [0, 0.05) is 21.8 Å². The highest BCUT2D eigenvalue weighted by atomic mass is 35.5. The third-order valence-corrected chi connectivity index (χ3v) is 6.42. The van der Waals surface area contributed by atoms with Crippen LogP contribution in [0.2, 0.25) is 5.02 Å². The number of benzene rings is 1. The van der Waals surface area contributed by atoms with E-state index in [0.29, 0.717) is 12.3 Å². The monoisotopic (exact) mass is 405 g/mol. The molecule has 0 aliphatic rings. The van der Waals surface area contributed by atoms with Gasteiger partial charge in [-0.15, -0.1) is 11.3 Å². The fraction of sp³-hybridized carbons (Fsp3) is 0.316. The summed E-state index contributed by atoms with van der Waals surface area (Å²) in [7, 11) is 0. The van der Waals surface area contributed by atoms with E-state index in [1.54, 1.807) is 11.3 Å². The lowest BCUT2D eigenvalue weighted by atomic mass is 10.1. The van der Waals surface area contributed by atoms with Crippen LogP contribution >= 0.6 is 34.7 Å². The number of aryl methyl sites for hydroxylation is 3. The molecular formula is C19H20ClN3OS2. The van der Waals surface area contributed by atoms with Crippen molar-refractivity contribution in [2.45, 2.75) is 32.2 Å². The van der Waals surface area contributed by atoms with Crippen molar-refractivity contribution in [3.05, 3.63) is 51.1 Å². The number of nitrogens with one attached hydrogen (secondary N) is 1. The van der Waals surface area contributed by atoms with Crippen molar-refractivity contribution in [1.29, 1.82) is 0 Å². The zero-order valence-electron chi connectivity index (χ0n) is 14.9. The van der Waals surface area contributed by atoms with Crippen molar-refractivity contribution < 1.29 is 4.79 Å². The van der Waals surface area contributed by atoms with E-state index in [2.05, 4.69) is 29.1 Å². The zero-order valence-corrected chi connectivity index (χ0v) is 17.3. The van der Waals surface area contributed by atoms with Crippen LogP contribution in [0.15, 0.2) is 29.3 Å². The Balaban J connectivity index is 1.57. The van der Waals surface area contributed by atoms with Gasteiger partial charge in [-0.1, -0.05) is 35.5 Å². The molecule has 0 saturated carbocycles. The van der Waals surface area contributed by atoms with Crippen LogP contribution in [0.3, 0.4) is 0 Å². The van der Waals surface area contributed by atoms with Gasteiger partial charge in [0.15, 0.2) is 0 Å². The number of fused-ring (bicyclic) bond motifs is 1. The van der Waals surface area contributed by atoms with E-state index in [9.17, 15) is 4.79 Å². The summed E-state index contributed by atoms with van der Waals surface area (Å²) in [5.41, 5.74) is 2.36. The van der Waals surface area contributed by atoms with E-state index in [0.717, 1.165) is 38.1 Å². The number of halogens is 1. The first-order valence-electron chi connectivity index (χ1n) is 8.32. The maximum atomic E-state index is 12.2. The first-order valence-corrected chi connectivity index (χ1v) is 10.5. The average molecular weight is 406 g/mol. The number of rotatable bonds is 6. The highest BCUT2D eigenvalue weighted by Crippen LogP contribution is 2.34. The molecule has 26 heavy (non-hydrogen) atoms. The van der Waals surface area contributed by atoms with E-state index in [1.165, 1.54) is 22.2 Å². The third kappa shape index (κ3) is 4.55. The molecule has 0 radical (unpaired) electrons. The molecule has 3 rings (SSSR count).